The molecule has 7 nitrogen and oxygen atoms in total. The van der Waals surface area contributed by atoms with Gasteiger partial charge in [0.25, 0.3) is 5.91 Å². The van der Waals surface area contributed by atoms with E-state index in [2.05, 4.69) is 29.5 Å². The van der Waals surface area contributed by atoms with E-state index in [9.17, 15) is 9.59 Å². The minimum Gasteiger partial charge on any atom is -0.380 e. The molecule has 1 aliphatic rings. The summed E-state index contributed by atoms with van der Waals surface area (Å²) in [6, 6.07) is 7.30. The minimum absolute atomic E-state index is 0.0158. The fourth-order valence-corrected chi connectivity index (χ4v) is 4.20. The van der Waals surface area contributed by atoms with Crippen molar-refractivity contribution in [3.63, 3.8) is 0 Å². The number of carbonyl (C=O) groups excluding carboxylic acids is 2. The summed E-state index contributed by atoms with van der Waals surface area (Å²) < 4.78 is 1.69. The van der Waals surface area contributed by atoms with Gasteiger partial charge >= 0.3 is 0 Å². The first-order valence-electron chi connectivity index (χ1n) is 9.01. The number of benzene rings is 1. The third kappa shape index (κ3) is 3.43. The monoisotopic (exact) mass is 395 g/mol. The number of Topliss-reactive ketones (excluding diaryl/α,β-unsaturated/α-hetero) is 1. The van der Waals surface area contributed by atoms with Gasteiger partial charge in [0.15, 0.2) is 11.5 Å². The molecule has 3 aromatic rings. The van der Waals surface area contributed by atoms with Gasteiger partial charge in [0.2, 0.25) is 0 Å². The Balaban J connectivity index is 1.72. The number of amides is 1. The Morgan fingerprint density at radius 3 is 2.86 bits per heavy atom. The Morgan fingerprint density at radius 1 is 1.32 bits per heavy atom. The van der Waals surface area contributed by atoms with Gasteiger partial charge in [-0.3, -0.25) is 9.59 Å². The largest absolute Gasteiger partial charge is 0.380 e. The molecule has 0 saturated carbocycles. The van der Waals surface area contributed by atoms with Crippen LogP contribution in [0.2, 0.25) is 0 Å². The van der Waals surface area contributed by atoms with Gasteiger partial charge in [-0.05, 0) is 52.4 Å². The van der Waals surface area contributed by atoms with Crippen molar-refractivity contribution in [3.05, 3.63) is 57.5 Å². The zero-order chi connectivity index (χ0) is 19.9. The van der Waals surface area contributed by atoms with Crippen LogP contribution in [-0.4, -0.2) is 26.7 Å². The molecule has 0 spiro atoms. The summed E-state index contributed by atoms with van der Waals surface area (Å²) in [6.07, 6.45) is 1.17. The SMILES string of the molecule is CC1(C)CC(=O)c2nnn(-c3ccc(C(N)=O)c(NCc4ccsc4)c3)c2C1. The van der Waals surface area contributed by atoms with Crippen molar-refractivity contribution in [3.8, 4) is 5.69 Å². The number of fused-ring (bicyclic) bond motifs is 1. The molecular weight excluding hydrogens is 374 g/mol. The molecule has 4 rings (SSSR count). The number of primary amides is 1. The highest BCUT2D eigenvalue weighted by atomic mass is 32.1. The Labute approximate surface area is 166 Å². The predicted molar refractivity (Wildman–Crippen MR) is 108 cm³/mol. The van der Waals surface area contributed by atoms with E-state index in [1.807, 2.05) is 22.9 Å². The molecule has 0 atom stereocenters. The number of nitrogens with one attached hydrogen (secondary N) is 1. The average Bonchev–Trinajstić information content (AvgIpc) is 3.28. The van der Waals surface area contributed by atoms with Crippen molar-refractivity contribution >= 4 is 28.7 Å². The first kappa shape index (κ1) is 18.4. The molecule has 2 aromatic heterocycles. The molecule has 0 fully saturated rings. The van der Waals surface area contributed by atoms with E-state index >= 15 is 0 Å². The molecule has 28 heavy (non-hydrogen) atoms. The number of anilines is 1. The number of nitrogens with two attached hydrogens (primary N) is 1. The first-order valence-corrected chi connectivity index (χ1v) is 9.95. The van der Waals surface area contributed by atoms with Crippen LogP contribution in [0.3, 0.4) is 0 Å². The van der Waals surface area contributed by atoms with E-state index in [1.165, 1.54) is 0 Å². The number of ketones is 1. The number of hydrogen-bond acceptors (Lipinski definition) is 6. The lowest BCUT2D eigenvalue weighted by atomic mass is 9.77. The normalized spacial score (nSPS) is 15.3. The van der Waals surface area contributed by atoms with Crippen LogP contribution in [0.1, 0.15) is 52.4 Å². The molecule has 0 saturated heterocycles. The Hall–Kier alpha value is -3.00. The van der Waals surface area contributed by atoms with Crippen LogP contribution < -0.4 is 11.1 Å². The van der Waals surface area contributed by atoms with Gasteiger partial charge in [-0.15, -0.1) is 5.10 Å². The van der Waals surface area contributed by atoms with Crippen LogP contribution in [0.25, 0.3) is 5.69 Å². The maximum atomic E-state index is 12.4. The van der Waals surface area contributed by atoms with E-state index in [0.717, 1.165) is 16.9 Å². The molecular formula is C20H21N5O2S. The molecule has 2 heterocycles. The number of rotatable bonds is 5. The second-order valence-corrected chi connectivity index (χ2v) is 8.60. The zero-order valence-corrected chi connectivity index (χ0v) is 16.5. The van der Waals surface area contributed by atoms with Crippen molar-refractivity contribution in [1.82, 2.24) is 15.0 Å². The molecule has 1 aliphatic carbocycles. The van der Waals surface area contributed by atoms with Crippen molar-refractivity contribution in [1.29, 1.82) is 0 Å². The zero-order valence-electron chi connectivity index (χ0n) is 15.7. The maximum absolute atomic E-state index is 12.4. The van der Waals surface area contributed by atoms with E-state index in [-0.39, 0.29) is 11.2 Å². The highest BCUT2D eigenvalue weighted by molar-refractivity contribution is 7.07. The van der Waals surface area contributed by atoms with E-state index in [1.54, 1.807) is 28.2 Å². The van der Waals surface area contributed by atoms with Gasteiger partial charge in [-0.2, -0.15) is 11.3 Å². The molecule has 1 aromatic carbocycles. The quantitative estimate of drug-likeness (QED) is 0.691. The van der Waals surface area contributed by atoms with Crippen molar-refractivity contribution < 1.29 is 9.59 Å². The van der Waals surface area contributed by atoms with Crippen LogP contribution >= 0.6 is 11.3 Å². The van der Waals surface area contributed by atoms with Crippen LogP contribution in [0.5, 0.6) is 0 Å². The number of hydrogen-bond donors (Lipinski definition) is 2. The average molecular weight is 395 g/mol. The fraction of sp³-hybridized carbons (Fsp3) is 0.300. The van der Waals surface area contributed by atoms with Gasteiger partial charge in [-0.25, -0.2) is 4.68 Å². The topological polar surface area (TPSA) is 103 Å². The lowest BCUT2D eigenvalue weighted by Crippen LogP contribution is -2.28. The fourth-order valence-electron chi connectivity index (χ4n) is 3.53. The summed E-state index contributed by atoms with van der Waals surface area (Å²) in [4.78, 5) is 24.2. The van der Waals surface area contributed by atoms with E-state index in [0.29, 0.717) is 36.3 Å². The van der Waals surface area contributed by atoms with Crippen LogP contribution in [0, 0.1) is 5.41 Å². The van der Waals surface area contributed by atoms with E-state index in [4.69, 9.17) is 5.73 Å². The van der Waals surface area contributed by atoms with E-state index < -0.39 is 5.91 Å². The number of thiophene rings is 1. The summed E-state index contributed by atoms with van der Waals surface area (Å²) in [5.74, 6) is -0.488. The molecule has 0 radical (unpaired) electrons. The maximum Gasteiger partial charge on any atom is 0.250 e. The van der Waals surface area contributed by atoms with Crippen molar-refractivity contribution in [2.45, 2.75) is 33.2 Å². The molecule has 1 amide bonds. The lowest BCUT2D eigenvalue weighted by molar-refractivity contribution is 0.0905. The van der Waals surface area contributed by atoms with Gasteiger partial charge < -0.3 is 11.1 Å². The number of carbonyl (C=O) groups is 2. The number of aromatic nitrogens is 3. The summed E-state index contributed by atoms with van der Waals surface area (Å²) in [7, 11) is 0. The standard InChI is InChI=1S/C20H21N5O2S/c1-20(2)8-16-18(17(26)9-20)23-24-25(16)13-3-4-14(19(21)27)15(7-13)22-10-12-5-6-28-11-12/h3-7,11,22H,8-10H2,1-2H3,(H2,21,27). The van der Waals surface area contributed by atoms with Gasteiger partial charge in [-0.1, -0.05) is 19.1 Å². The molecule has 144 valence electrons. The van der Waals surface area contributed by atoms with Crippen molar-refractivity contribution in [2.75, 3.05) is 5.32 Å². The summed E-state index contributed by atoms with van der Waals surface area (Å²) in [5.41, 5.74) is 9.53. The molecule has 0 unspecified atom stereocenters. The van der Waals surface area contributed by atoms with Crippen LogP contribution in [0.15, 0.2) is 35.0 Å². The third-order valence-corrected chi connectivity index (χ3v) is 5.62. The van der Waals surface area contributed by atoms with Gasteiger partial charge in [0, 0.05) is 18.7 Å². The molecule has 0 aliphatic heterocycles. The summed E-state index contributed by atoms with van der Waals surface area (Å²) in [6.45, 7) is 4.71. The molecule has 8 heteroatoms. The van der Waals surface area contributed by atoms with Gasteiger partial charge in [0.05, 0.1) is 16.9 Å². The van der Waals surface area contributed by atoms with Crippen LogP contribution in [-0.2, 0) is 13.0 Å². The Morgan fingerprint density at radius 2 is 2.14 bits per heavy atom. The minimum atomic E-state index is -0.503. The second kappa shape index (κ2) is 6.87. The van der Waals surface area contributed by atoms with Crippen molar-refractivity contribution in [2.24, 2.45) is 11.1 Å². The molecule has 3 N–H and O–H groups in total. The Kier molecular flexibility index (Phi) is 4.50. The highest BCUT2D eigenvalue weighted by Crippen LogP contribution is 2.35. The lowest BCUT2D eigenvalue weighted by Gasteiger charge is -2.28. The summed E-state index contributed by atoms with van der Waals surface area (Å²) in [5, 5.41) is 15.6. The number of nitrogens with zero attached hydrogens (tertiary/aromatic N) is 3. The predicted octanol–water partition coefficient (Wildman–Crippen LogP) is 3.19. The molecule has 0 bridgehead atoms. The summed E-state index contributed by atoms with van der Waals surface area (Å²) >= 11 is 1.62. The third-order valence-electron chi connectivity index (χ3n) is 4.89. The second-order valence-electron chi connectivity index (χ2n) is 7.82. The Bertz CT molecular complexity index is 1050. The van der Waals surface area contributed by atoms with Crippen LogP contribution in [0.4, 0.5) is 5.69 Å². The van der Waals surface area contributed by atoms with Gasteiger partial charge in [0.1, 0.15) is 0 Å². The smallest absolute Gasteiger partial charge is 0.250 e. The first-order chi connectivity index (χ1) is 13.3. The highest BCUT2D eigenvalue weighted by Gasteiger charge is 2.35.